The van der Waals surface area contributed by atoms with E-state index < -0.39 is 0 Å². The minimum Gasteiger partial charge on any atom is -0.465 e. The van der Waals surface area contributed by atoms with Crippen LogP contribution in [0, 0.1) is 0 Å². The lowest BCUT2D eigenvalue weighted by Gasteiger charge is -2.33. The molecule has 2 aromatic carbocycles. The fourth-order valence-corrected chi connectivity index (χ4v) is 3.33. The Morgan fingerprint density at radius 2 is 1.54 bits per heavy atom. The van der Waals surface area contributed by atoms with Crippen molar-refractivity contribution in [2.45, 2.75) is 13.5 Å². The van der Waals surface area contributed by atoms with Crippen molar-refractivity contribution < 1.29 is 19.2 Å². The maximum absolute atomic E-state index is 11.5. The van der Waals surface area contributed by atoms with Crippen LogP contribution in [0.4, 0.5) is 5.69 Å². The normalized spacial score (nSPS) is 14.9. The quantitative estimate of drug-likeness (QED) is 0.655. The molecule has 0 bridgehead atoms. The maximum atomic E-state index is 11.5. The van der Waals surface area contributed by atoms with Crippen LogP contribution in [0.3, 0.4) is 0 Å². The number of esters is 1. The Hall–Kier alpha value is -2.66. The fourth-order valence-electron chi connectivity index (χ4n) is 3.33. The molecule has 1 heterocycles. The molecule has 1 N–H and O–H groups in total. The highest BCUT2D eigenvalue weighted by atomic mass is 16.5. The molecular formula is C21H25N2O3+. The van der Waals surface area contributed by atoms with Crippen LogP contribution in [-0.2, 0) is 11.3 Å². The summed E-state index contributed by atoms with van der Waals surface area (Å²) in [6.07, 6.45) is 0. The lowest BCUT2D eigenvalue weighted by Crippen LogP contribution is -3.13. The van der Waals surface area contributed by atoms with Gasteiger partial charge in [-0.2, -0.15) is 0 Å². The van der Waals surface area contributed by atoms with Crippen LogP contribution in [0.15, 0.2) is 48.5 Å². The number of ketones is 1. The molecule has 0 atom stereocenters. The predicted molar refractivity (Wildman–Crippen MR) is 101 cm³/mol. The van der Waals surface area contributed by atoms with Gasteiger partial charge < -0.3 is 14.5 Å². The van der Waals surface area contributed by atoms with Crippen LogP contribution in [0.25, 0.3) is 0 Å². The largest absolute Gasteiger partial charge is 0.465 e. The molecule has 0 radical (unpaired) electrons. The molecular weight excluding hydrogens is 328 g/mol. The highest BCUT2D eigenvalue weighted by molar-refractivity contribution is 5.94. The van der Waals surface area contributed by atoms with E-state index in [2.05, 4.69) is 4.90 Å². The van der Waals surface area contributed by atoms with Gasteiger partial charge in [-0.15, -0.1) is 0 Å². The number of nitrogens with zero attached hydrogens (tertiary/aromatic N) is 1. The first-order valence-corrected chi connectivity index (χ1v) is 8.93. The minimum atomic E-state index is -0.298. The summed E-state index contributed by atoms with van der Waals surface area (Å²) in [4.78, 5) is 26.8. The third-order valence-corrected chi connectivity index (χ3v) is 4.94. The van der Waals surface area contributed by atoms with Crippen LogP contribution >= 0.6 is 0 Å². The summed E-state index contributed by atoms with van der Waals surface area (Å²) >= 11 is 0. The first kappa shape index (κ1) is 18.1. The monoisotopic (exact) mass is 353 g/mol. The van der Waals surface area contributed by atoms with Gasteiger partial charge in [0.15, 0.2) is 5.78 Å². The number of carbonyl (C=O) groups is 2. The van der Waals surface area contributed by atoms with Gasteiger partial charge in [0.1, 0.15) is 6.54 Å². The number of piperazine rings is 1. The highest BCUT2D eigenvalue weighted by Crippen LogP contribution is 2.15. The van der Waals surface area contributed by atoms with Gasteiger partial charge >= 0.3 is 5.97 Å². The Balaban J connectivity index is 1.53. The van der Waals surface area contributed by atoms with Crippen molar-refractivity contribution >= 4 is 17.4 Å². The standard InChI is InChI=1S/C21H24N2O3/c1-16(24)18-7-9-20(10-8-18)23-13-11-22(12-14-23)15-17-3-5-19(6-4-17)21(25)26-2/h3-10H,11-15H2,1-2H3/p+1. The number of methoxy groups -OCH3 is 1. The summed E-state index contributed by atoms with van der Waals surface area (Å²) in [5.74, 6) is -0.197. The lowest BCUT2D eigenvalue weighted by atomic mass is 10.1. The molecule has 0 saturated carbocycles. The van der Waals surface area contributed by atoms with Crippen molar-refractivity contribution in [2.24, 2.45) is 0 Å². The van der Waals surface area contributed by atoms with E-state index in [4.69, 9.17) is 4.74 Å². The SMILES string of the molecule is COC(=O)c1ccc(C[NH+]2CCN(c3ccc(C(C)=O)cc3)CC2)cc1. The van der Waals surface area contributed by atoms with Gasteiger partial charge in [-0.3, -0.25) is 4.79 Å². The van der Waals surface area contributed by atoms with E-state index in [1.54, 1.807) is 6.92 Å². The molecule has 5 heteroatoms. The molecule has 136 valence electrons. The molecule has 0 aromatic heterocycles. The van der Waals surface area contributed by atoms with Crippen LogP contribution < -0.4 is 9.80 Å². The number of carbonyl (C=O) groups excluding carboxylic acids is 2. The summed E-state index contributed by atoms with van der Waals surface area (Å²) in [7, 11) is 1.40. The average molecular weight is 353 g/mol. The molecule has 0 spiro atoms. The Morgan fingerprint density at radius 3 is 2.08 bits per heavy atom. The van der Waals surface area contributed by atoms with E-state index in [0.29, 0.717) is 5.56 Å². The molecule has 0 amide bonds. The molecule has 1 aliphatic rings. The van der Waals surface area contributed by atoms with Crippen LogP contribution in [0.2, 0.25) is 0 Å². The van der Waals surface area contributed by atoms with Gasteiger partial charge in [0.2, 0.25) is 0 Å². The van der Waals surface area contributed by atoms with Crippen molar-refractivity contribution in [3.63, 3.8) is 0 Å². The maximum Gasteiger partial charge on any atom is 0.337 e. The van der Waals surface area contributed by atoms with Crippen molar-refractivity contribution in [1.29, 1.82) is 0 Å². The van der Waals surface area contributed by atoms with E-state index >= 15 is 0 Å². The fraction of sp³-hybridized carbons (Fsp3) is 0.333. The number of hydrogen-bond donors (Lipinski definition) is 1. The van der Waals surface area contributed by atoms with Crippen molar-refractivity contribution in [1.82, 2.24) is 0 Å². The number of rotatable bonds is 5. The van der Waals surface area contributed by atoms with Gasteiger partial charge in [-0.25, -0.2) is 4.79 Å². The number of nitrogens with one attached hydrogen (secondary N) is 1. The first-order chi connectivity index (χ1) is 12.6. The molecule has 1 fully saturated rings. The number of quaternary nitrogens is 1. The molecule has 26 heavy (non-hydrogen) atoms. The van der Waals surface area contributed by atoms with Crippen LogP contribution in [0.5, 0.6) is 0 Å². The lowest BCUT2D eigenvalue weighted by molar-refractivity contribution is -0.914. The summed E-state index contributed by atoms with van der Waals surface area (Å²) in [5, 5.41) is 0. The van der Waals surface area contributed by atoms with Crippen molar-refractivity contribution in [2.75, 3.05) is 38.2 Å². The molecule has 1 saturated heterocycles. The van der Waals surface area contributed by atoms with E-state index in [1.807, 2.05) is 48.5 Å². The zero-order valence-corrected chi connectivity index (χ0v) is 15.3. The molecule has 2 aromatic rings. The average Bonchev–Trinajstić information content (AvgIpc) is 2.68. The topological polar surface area (TPSA) is 51.1 Å². The molecule has 1 aliphatic heterocycles. The van der Waals surface area contributed by atoms with E-state index in [1.165, 1.54) is 23.3 Å². The Bertz CT molecular complexity index is 761. The smallest absolute Gasteiger partial charge is 0.337 e. The number of ether oxygens (including phenoxy) is 1. The molecule has 3 rings (SSSR count). The van der Waals surface area contributed by atoms with Crippen molar-refractivity contribution in [3.05, 3.63) is 65.2 Å². The number of anilines is 1. The van der Waals surface area contributed by atoms with E-state index in [-0.39, 0.29) is 11.8 Å². The second-order valence-electron chi connectivity index (χ2n) is 6.71. The summed E-state index contributed by atoms with van der Waals surface area (Å²) in [5.41, 5.74) is 3.75. The summed E-state index contributed by atoms with van der Waals surface area (Å²) in [6.45, 7) is 6.66. The predicted octanol–water partition coefficient (Wildman–Crippen LogP) is 1.58. The second kappa shape index (κ2) is 8.15. The zero-order valence-electron chi connectivity index (χ0n) is 15.3. The second-order valence-corrected chi connectivity index (χ2v) is 6.71. The number of benzene rings is 2. The van der Waals surface area contributed by atoms with E-state index in [9.17, 15) is 9.59 Å². The van der Waals surface area contributed by atoms with E-state index in [0.717, 1.165) is 38.3 Å². The number of Topliss-reactive ketones (excluding diaryl/α,β-unsaturated/α-hetero) is 1. The van der Waals surface area contributed by atoms with Gasteiger partial charge in [-0.05, 0) is 43.3 Å². The molecule has 0 aliphatic carbocycles. The van der Waals surface area contributed by atoms with Gasteiger partial charge in [-0.1, -0.05) is 12.1 Å². The van der Waals surface area contributed by atoms with Gasteiger partial charge in [0.25, 0.3) is 0 Å². The first-order valence-electron chi connectivity index (χ1n) is 8.93. The summed E-state index contributed by atoms with van der Waals surface area (Å²) < 4.78 is 4.73. The molecule has 0 unspecified atom stereocenters. The van der Waals surface area contributed by atoms with Gasteiger partial charge in [0.05, 0.1) is 38.9 Å². The highest BCUT2D eigenvalue weighted by Gasteiger charge is 2.20. The Morgan fingerprint density at radius 1 is 0.962 bits per heavy atom. The third-order valence-electron chi connectivity index (χ3n) is 4.94. The third kappa shape index (κ3) is 4.29. The van der Waals surface area contributed by atoms with Gasteiger partial charge in [0, 0.05) is 16.8 Å². The summed E-state index contributed by atoms with van der Waals surface area (Å²) in [6, 6.07) is 15.5. The van der Waals surface area contributed by atoms with Crippen LogP contribution in [0.1, 0.15) is 33.2 Å². The Labute approximate surface area is 154 Å². The number of hydrogen-bond acceptors (Lipinski definition) is 4. The Kier molecular flexibility index (Phi) is 5.68. The molecule has 5 nitrogen and oxygen atoms in total. The zero-order chi connectivity index (χ0) is 18.5. The van der Waals surface area contributed by atoms with Crippen LogP contribution in [-0.4, -0.2) is 45.0 Å². The minimum absolute atomic E-state index is 0.101. The van der Waals surface area contributed by atoms with Crippen molar-refractivity contribution in [3.8, 4) is 0 Å².